The van der Waals surface area contributed by atoms with Crippen LogP contribution in [0.3, 0.4) is 0 Å². The Balaban J connectivity index is 2.43. The Labute approximate surface area is 160 Å². The molecular weight excluding hydrogens is 326 g/mol. The monoisotopic (exact) mass is 364 g/mol. The SMILES string of the molecule is CCCCCCCCOc1ccccc1C(=O)OCC[N+](C)(CC)CC. The molecule has 0 aliphatic rings. The van der Waals surface area contributed by atoms with Crippen molar-refractivity contribution in [3.05, 3.63) is 29.8 Å². The molecule has 0 bridgehead atoms. The molecule has 0 saturated heterocycles. The molecule has 0 radical (unpaired) electrons. The Hall–Kier alpha value is -1.55. The molecule has 1 aromatic rings. The van der Waals surface area contributed by atoms with E-state index in [0.29, 0.717) is 24.5 Å². The number of unbranched alkanes of at least 4 members (excludes halogenated alkanes) is 5. The van der Waals surface area contributed by atoms with Gasteiger partial charge in [0.05, 0.1) is 26.7 Å². The third kappa shape index (κ3) is 8.22. The summed E-state index contributed by atoms with van der Waals surface area (Å²) < 4.78 is 12.3. The molecule has 0 atom stereocenters. The Morgan fingerprint density at radius 3 is 2.27 bits per heavy atom. The van der Waals surface area contributed by atoms with E-state index < -0.39 is 0 Å². The van der Waals surface area contributed by atoms with Crippen molar-refractivity contribution < 1.29 is 18.8 Å². The van der Waals surface area contributed by atoms with Crippen molar-refractivity contribution in [3.63, 3.8) is 0 Å². The number of nitrogens with zero attached hydrogens (tertiary/aromatic N) is 1. The molecule has 0 aromatic heterocycles. The zero-order chi connectivity index (χ0) is 19.3. The zero-order valence-electron chi connectivity index (χ0n) is 17.3. The highest BCUT2D eigenvalue weighted by Gasteiger charge is 2.19. The smallest absolute Gasteiger partial charge is 0.342 e. The van der Waals surface area contributed by atoms with Crippen molar-refractivity contribution >= 4 is 5.97 Å². The quantitative estimate of drug-likeness (QED) is 0.263. The van der Waals surface area contributed by atoms with Crippen LogP contribution in [0.5, 0.6) is 5.75 Å². The van der Waals surface area contributed by atoms with Gasteiger partial charge in [0.15, 0.2) is 0 Å². The van der Waals surface area contributed by atoms with Gasteiger partial charge in [0.1, 0.15) is 24.5 Å². The fourth-order valence-electron chi connectivity index (χ4n) is 2.80. The van der Waals surface area contributed by atoms with Crippen LogP contribution in [0.15, 0.2) is 24.3 Å². The molecule has 0 N–H and O–H groups in total. The largest absolute Gasteiger partial charge is 0.493 e. The molecule has 0 fully saturated rings. The number of hydrogen-bond donors (Lipinski definition) is 0. The topological polar surface area (TPSA) is 35.5 Å². The lowest BCUT2D eigenvalue weighted by atomic mass is 10.1. The summed E-state index contributed by atoms with van der Waals surface area (Å²) >= 11 is 0. The molecule has 0 aliphatic carbocycles. The van der Waals surface area contributed by atoms with E-state index in [-0.39, 0.29) is 5.97 Å². The van der Waals surface area contributed by atoms with Crippen LogP contribution in [0.2, 0.25) is 0 Å². The van der Waals surface area contributed by atoms with Gasteiger partial charge in [-0.3, -0.25) is 0 Å². The van der Waals surface area contributed by atoms with E-state index in [4.69, 9.17) is 9.47 Å². The molecule has 1 aromatic carbocycles. The van der Waals surface area contributed by atoms with Gasteiger partial charge in [0.2, 0.25) is 0 Å². The lowest BCUT2D eigenvalue weighted by molar-refractivity contribution is -0.906. The predicted molar refractivity (Wildman–Crippen MR) is 108 cm³/mol. The molecule has 0 saturated carbocycles. The van der Waals surface area contributed by atoms with E-state index in [1.54, 1.807) is 6.07 Å². The lowest BCUT2D eigenvalue weighted by Gasteiger charge is -2.31. The number of carbonyl (C=O) groups is 1. The van der Waals surface area contributed by atoms with Crippen LogP contribution in [0.1, 0.15) is 69.7 Å². The minimum atomic E-state index is -0.290. The van der Waals surface area contributed by atoms with E-state index in [1.165, 1.54) is 32.1 Å². The van der Waals surface area contributed by atoms with Crippen LogP contribution in [0.25, 0.3) is 0 Å². The van der Waals surface area contributed by atoms with Crippen LogP contribution >= 0.6 is 0 Å². The van der Waals surface area contributed by atoms with Crippen molar-refractivity contribution in [2.45, 2.75) is 59.3 Å². The number of hydrogen-bond acceptors (Lipinski definition) is 3. The Kier molecular flexibility index (Phi) is 11.0. The summed E-state index contributed by atoms with van der Waals surface area (Å²) in [6.07, 6.45) is 7.33. The van der Waals surface area contributed by atoms with Crippen LogP contribution < -0.4 is 4.74 Å². The first-order valence-electron chi connectivity index (χ1n) is 10.3. The number of rotatable bonds is 14. The summed E-state index contributed by atoms with van der Waals surface area (Å²) in [4.78, 5) is 12.4. The molecular formula is C22H38NO3+. The third-order valence-corrected chi connectivity index (χ3v) is 5.25. The van der Waals surface area contributed by atoms with E-state index in [0.717, 1.165) is 30.5 Å². The summed E-state index contributed by atoms with van der Waals surface area (Å²) in [6, 6.07) is 7.39. The first kappa shape index (κ1) is 22.5. The number of likely N-dealkylation sites (N-methyl/N-ethyl adjacent to an activating group) is 1. The number of benzene rings is 1. The number of quaternary nitrogens is 1. The van der Waals surface area contributed by atoms with Gasteiger partial charge < -0.3 is 14.0 Å². The van der Waals surface area contributed by atoms with Crippen molar-refractivity contribution in [2.24, 2.45) is 0 Å². The van der Waals surface area contributed by atoms with Crippen LogP contribution in [0, 0.1) is 0 Å². The fourth-order valence-corrected chi connectivity index (χ4v) is 2.80. The highest BCUT2D eigenvalue weighted by atomic mass is 16.5. The maximum Gasteiger partial charge on any atom is 0.342 e. The van der Waals surface area contributed by atoms with Crippen molar-refractivity contribution in [3.8, 4) is 5.75 Å². The molecule has 0 amide bonds. The Morgan fingerprint density at radius 1 is 0.923 bits per heavy atom. The second kappa shape index (κ2) is 12.7. The average molecular weight is 365 g/mol. The van der Waals surface area contributed by atoms with Gasteiger partial charge >= 0.3 is 5.97 Å². The maximum atomic E-state index is 12.4. The van der Waals surface area contributed by atoms with Gasteiger partial charge in [-0.05, 0) is 32.4 Å². The molecule has 4 heteroatoms. The van der Waals surface area contributed by atoms with Gasteiger partial charge in [0, 0.05) is 0 Å². The van der Waals surface area contributed by atoms with E-state index in [9.17, 15) is 4.79 Å². The highest BCUT2D eigenvalue weighted by Crippen LogP contribution is 2.20. The second-order valence-electron chi connectivity index (χ2n) is 7.22. The summed E-state index contributed by atoms with van der Waals surface area (Å²) in [5, 5.41) is 0. The van der Waals surface area contributed by atoms with Crippen LogP contribution in [-0.2, 0) is 4.74 Å². The van der Waals surface area contributed by atoms with Gasteiger partial charge in [-0.2, -0.15) is 0 Å². The van der Waals surface area contributed by atoms with E-state index in [2.05, 4.69) is 27.8 Å². The molecule has 4 nitrogen and oxygen atoms in total. The van der Waals surface area contributed by atoms with Crippen LogP contribution in [0.4, 0.5) is 0 Å². The molecule has 148 valence electrons. The molecule has 1 rings (SSSR count). The summed E-state index contributed by atoms with van der Waals surface area (Å²) in [6.45, 7) is 10.5. The Bertz CT molecular complexity index is 512. The van der Waals surface area contributed by atoms with Crippen LogP contribution in [-0.4, -0.2) is 50.3 Å². The highest BCUT2D eigenvalue weighted by molar-refractivity contribution is 5.92. The maximum absolute atomic E-state index is 12.4. The van der Waals surface area contributed by atoms with Crippen molar-refractivity contribution in [1.29, 1.82) is 0 Å². The second-order valence-corrected chi connectivity index (χ2v) is 7.22. The van der Waals surface area contributed by atoms with Gasteiger partial charge in [-0.15, -0.1) is 0 Å². The van der Waals surface area contributed by atoms with E-state index in [1.807, 2.05) is 18.2 Å². The van der Waals surface area contributed by atoms with Crippen molar-refractivity contribution in [2.75, 3.05) is 39.9 Å². The Morgan fingerprint density at radius 2 is 1.58 bits per heavy atom. The van der Waals surface area contributed by atoms with Gasteiger partial charge in [-0.1, -0.05) is 51.2 Å². The van der Waals surface area contributed by atoms with E-state index >= 15 is 0 Å². The number of carbonyl (C=O) groups excluding carboxylic acids is 1. The molecule has 0 unspecified atom stereocenters. The first-order chi connectivity index (χ1) is 12.6. The minimum Gasteiger partial charge on any atom is -0.493 e. The normalized spacial score (nSPS) is 11.4. The van der Waals surface area contributed by atoms with Gasteiger partial charge in [0.25, 0.3) is 0 Å². The predicted octanol–water partition coefficient (Wildman–Crippen LogP) is 5.07. The fraction of sp³-hybridized carbons (Fsp3) is 0.682. The number of esters is 1. The van der Waals surface area contributed by atoms with Gasteiger partial charge in [-0.25, -0.2) is 4.79 Å². The third-order valence-electron chi connectivity index (χ3n) is 5.25. The number of ether oxygens (including phenoxy) is 2. The average Bonchev–Trinajstić information content (AvgIpc) is 2.67. The molecule has 26 heavy (non-hydrogen) atoms. The minimum absolute atomic E-state index is 0.290. The summed E-state index contributed by atoms with van der Waals surface area (Å²) in [7, 11) is 2.19. The van der Waals surface area contributed by atoms with Crippen molar-refractivity contribution in [1.82, 2.24) is 0 Å². The zero-order valence-corrected chi connectivity index (χ0v) is 17.3. The standard InChI is InChI=1S/C22H38NO3/c1-5-8-9-10-11-14-18-25-21-16-13-12-15-20(21)22(24)26-19-17-23(4,6-2)7-3/h12-13,15-16H,5-11,14,17-19H2,1-4H3/q+1. The summed E-state index contributed by atoms with van der Waals surface area (Å²) in [5.74, 6) is 0.344. The molecule has 0 spiro atoms. The lowest BCUT2D eigenvalue weighted by Crippen LogP contribution is -2.46. The first-order valence-corrected chi connectivity index (χ1v) is 10.3. The molecule has 0 heterocycles. The molecule has 0 aliphatic heterocycles. The summed E-state index contributed by atoms with van der Waals surface area (Å²) in [5.41, 5.74) is 0.528. The number of para-hydroxylation sites is 1.